The Labute approximate surface area is 53.0 Å². The number of rotatable bonds is 0. The molecule has 46 valence electrons. The van der Waals surface area contributed by atoms with Crippen molar-refractivity contribution in [1.29, 1.82) is 0 Å². The molecular formula is C5H9NOS. The molecule has 0 aromatic carbocycles. The van der Waals surface area contributed by atoms with Crippen LogP contribution in [0.5, 0.6) is 0 Å². The van der Waals surface area contributed by atoms with E-state index in [-0.39, 0.29) is 11.2 Å². The zero-order valence-electron chi connectivity index (χ0n) is 4.81. The van der Waals surface area contributed by atoms with Crippen LogP contribution in [0.15, 0.2) is 0 Å². The smallest absolute Gasteiger partial charge is 0.205 e. The minimum absolute atomic E-state index is 0.0775. The topological polar surface area (TPSA) is 29.1 Å². The van der Waals surface area contributed by atoms with Gasteiger partial charge in [0.25, 0.3) is 0 Å². The number of hydrogen-bond donors (Lipinski definition) is 1. The van der Waals surface area contributed by atoms with E-state index in [0.717, 1.165) is 12.3 Å². The van der Waals surface area contributed by atoms with Crippen molar-refractivity contribution in [2.75, 3.05) is 12.3 Å². The highest BCUT2D eigenvalue weighted by Crippen LogP contribution is 2.08. The van der Waals surface area contributed by atoms with Gasteiger partial charge in [0.05, 0.1) is 6.04 Å². The lowest BCUT2D eigenvalue weighted by molar-refractivity contribution is -0.112. The first-order chi connectivity index (χ1) is 3.80. The van der Waals surface area contributed by atoms with Gasteiger partial charge in [-0.3, -0.25) is 4.79 Å². The predicted octanol–water partition coefficient (Wildman–Crippen LogP) is 0.238. The largest absolute Gasteiger partial charge is 0.306 e. The maximum Gasteiger partial charge on any atom is 0.205 e. The van der Waals surface area contributed by atoms with Crippen LogP contribution in [0.4, 0.5) is 0 Å². The highest BCUT2D eigenvalue weighted by molar-refractivity contribution is 8.13. The van der Waals surface area contributed by atoms with E-state index in [0.29, 0.717) is 0 Å². The van der Waals surface area contributed by atoms with Crippen molar-refractivity contribution in [1.82, 2.24) is 5.32 Å². The van der Waals surface area contributed by atoms with Crippen LogP contribution < -0.4 is 5.32 Å². The quantitative estimate of drug-likeness (QED) is 0.510. The lowest BCUT2D eigenvalue weighted by Gasteiger charge is -2.16. The Kier molecular flexibility index (Phi) is 1.91. The molecule has 1 heterocycles. The SMILES string of the molecule is CC1NCCSC1=O. The standard InChI is InChI=1S/C5H9NOS/c1-4-5(7)8-3-2-6-4/h4,6H,2-3H2,1H3. The van der Waals surface area contributed by atoms with Crippen LogP contribution >= 0.6 is 11.8 Å². The molecule has 0 aromatic rings. The fraction of sp³-hybridized carbons (Fsp3) is 0.800. The maximum atomic E-state index is 10.7. The highest BCUT2D eigenvalue weighted by Gasteiger charge is 2.16. The van der Waals surface area contributed by atoms with E-state index in [1.165, 1.54) is 11.8 Å². The van der Waals surface area contributed by atoms with Gasteiger partial charge in [0, 0.05) is 12.3 Å². The van der Waals surface area contributed by atoms with Gasteiger partial charge in [-0.2, -0.15) is 0 Å². The summed E-state index contributed by atoms with van der Waals surface area (Å²) in [5, 5.41) is 3.34. The second-order valence-corrected chi connectivity index (χ2v) is 2.94. The van der Waals surface area contributed by atoms with Crippen molar-refractivity contribution in [2.45, 2.75) is 13.0 Å². The molecule has 0 aliphatic carbocycles. The van der Waals surface area contributed by atoms with E-state index < -0.39 is 0 Å². The van der Waals surface area contributed by atoms with Gasteiger partial charge in [0.2, 0.25) is 5.12 Å². The fourth-order valence-corrected chi connectivity index (χ4v) is 1.39. The van der Waals surface area contributed by atoms with E-state index in [1.54, 1.807) is 0 Å². The highest BCUT2D eigenvalue weighted by atomic mass is 32.2. The van der Waals surface area contributed by atoms with Gasteiger partial charge in [0.15, 0.2) is 0 Å². The molecule has 0 spiro atoms. The molecule has 1 unspecified atom stereocenters. The number of carbonyl (C=O) groups excluding carboxylic acids is 1. The van der Waals surface area contributed by atoms with Crippen molar-refractivity contribution in [3.8, 4) is 0 Å². The van der Waals surface area contributed by atoms with Gasteiger partial charge in [-0.05, 0) is 6.92 Å². The van der Waals surface area contributed by atoms with Crippen LogP contribution in [0.3, 0.4) is 0 Å². The van der Waals surface area contributed by atoms with Gasteiger partial charge in [0.1, 0.15) is 0 Å². The fourth-order valence-electron chi connectivity index (χ4n) is 0.635. The van der Waals surface area contributed by atoms with Gasteiger partial charge < -0.3 is 5.32 Å². The van der Waals surface area contributed by atoms with E-state index in [1.807, 2.05) is 6.92 Å². The Hall–Kier alpha value is -0.0200. The Morgan fingerprint density at radius 3 is 3.00 bits per heavy atom. The molecule has 2 nitrogen and oxygen atoms in total. The maximum absolute atomic E-state index is 10.7. The lowest BCUT2D eigenvalue weighted by atomic mass is 10.4. The van der Waals surface area contributed by atoms with Gasteiger partial charge in [-0.1, -0.05) is 11.8 Å². The van der Waals surface area contributed by atoms with Gasteiger partial charge >= 0.3 is 0 Å². The molecule has 0 amide bonds. The molecule has 1 saturated heterocycles. The van der Waals surface area contributed by atoms with Crippen LogP contribution in [0, 0.1) is 0 Å². The van der Waals surface area contributed by atoms with Crippen molar-refractivity contribution in [3.63, 3.8) is 0 Å². The molecule has 1 aliphatic rings. The summed E-state index contributed by atoms with van der Waals surface area (Å²) in [5.74, 6) is 0.934. The summed E-state index contributed by atoms with van der Waals surface area (Å²) in [5.41, 5.74) is 0. The molecule has 0 aromatic heterocycles. The third kappa shape index (κ3) is 1.23. The van der Waals surface area contributed by atoms with Crippen molar-refractivity contribution in [3.05, 3.63) is 0 Å². The summed E-state index contributed by atoms with van der Waals surface area (Å²) in [4.78, 5) is 10.7. The summed E-state index contributed by atoms with van der Waals surface area (Å²) in [6, 6.07) is 0.0775. The van der Waals surface area contributed by atoms with Crippen LogP contribution in [-0.4, -0.2) is 23.5 Å². The second kappa shape index (κ2) is 2.51. The van der Waals surface area contributed by atoms with Crippen molar-refractivity contribution >= 4 is 16.9 Å². The average molecular weight is 131 g/mol. The lowest BCUT2D eigenvalue weighted by Crippen LogP contribution is -2.38. The number of thioether (sulfide) groups is 1. The van der Waals surface area contributed by atoms with Crippen LogP contribution in [-0.2, 0) is 4.79 Å². The first kappa shape index (κ1) is 6.11. The molecule has 0 bridgehead atoms. The number of hydrogen-bond acceptors (Lipinski definition) is 3. The van der Waals surface area contributed by atoms with E-state index >= 15 is 0 Å². The van der Waals surface area contributed by atoms with Crippen LogP contribution in [0.2, 0.25) is 0 Å². The normalized spacial score (nSPS) is 30.6. The van der Waals surface area contributed by atoms with Gasteiger partial charge in [-0.15, -0.1) is 0 Å². The zero-order valence-corrected chi connectivity index (χ0v) is 5.62. The number of carbonyl (C=O) groups is 1. The summed E-state index contributed by atoms with van der Waals surface area (Å²) in [6.07, 6.45) is 0. The van der Waals surface area contributed by atoms with E-state index in [9.17, 15) is 4.79 Å². The molecule has 0 saturated carbocycles. The molecular weight excluding hydrogens is 122 g/mol. The first-order valence-corrected chi connectivity index (χ1v) is 3.69. The first-order valence-electron chi connectivity index (χ1n) is 2.71. The van der Waals surface area contributed by atoms with Crippen LogP contribution in [0.1, 0.15) is 6.92 Å². The Balaban J connectivity index is 2.39. The molecule has 1 rings (SSSR count). The van der Waals surface area contributed by atoms with E-state index in [4.69, 9.17) is 0 Å². The van der Waals surface area contributed by atoms with Crippen molar-refractivity contribution < 1.29 is 4.79 Å². The minimum Gasteiger partial charge on any atom is -0.306 e. The molecule has 0 radical (unpaired) electrons. The summed E-state index contributed by atoms with van der Waals surface area (Å²) < 4.78 is 0. The monoisotopic (exact) mass is 131 g/mol. The summed E-state index contributed by atoms with van der Waals surface area (Å²) in [6.45, 7) is 2.87. The third-order valence-electron chi connectivity index (χ3n) is 1.15. The number of nitrogens with one attached hydrogen (secondary N) is 1. The molecule has 1 fully saturated rings. The van der Waals surface area contributed by atoms with E-state index in [2.05, 4.69) is 5.32 Å². The minimum atomic E-state index is 0.0775. The predicted molar refractivity (Wildman–Crippen MR) is 34.9 cm³/mol. The van der Waals surface area contributed by atoms with Crippen molar-refractivity contribution in [2.24, 2.45) is 0 Å². The molecule has 3 heteroatoms. The zero-order chi connectivity index (χ0) is 5.98. The van der Waals surface area contributed by atoms with Gasteiger partial charge in [-0.25, -0.2) is 0 Å². The van der Waals surface area contributed by atoms with Crippen LogP contribution in [0.25, 0.3) is 0 Å². The summed E-state index contributed by atoms with van der Waals surface area (Å²) in [7, 11) is 0. The molecule has 1 N–H and O–H groups in total. The summed E-state index contributed by atoms with van der Waals surface area (Å²) >= 11 is 1.42. The molecule has 1 atom stereocenters. The molecule has 8 heavy (non-hydrogen) atoms. The molecule has 1 aliphatic heterocycles. The Morgan fingerprint density at radius 2 is 2.62 bits per heavy atom. The average Bonchev–Trinajstić information content (AvgIpc) is 1.77. The third-order valence-corrected chi connectivity index (χ3v) is 2.20. The Morgan fingerprint density at radius 1 is 1.88 bits per heavy atom. The second-order valence-electron chi connectivity index (χ2n) is 1.84. The Bertz CT molecular complexity index is 105.